The van der Waals surface area contributed by atoms with Crippen molar-refractivity contribution >= 4 is 39.0 Å². The Morgan fingerprint density at radius 2 is 1.70 bits per heavy atom. The van der Waals surface area contributed by atoms with Crippen molar-refractivity contribution in [3.8, 4) is 0 Å². The first-order chi connectivity index (χ1) is 10.7. The summed E-state index contributed by atoms with van der Waals surface area (Å²) in [4.78, 5) is 11.3. The zero-order chi connectivity index (χ0) is 17.2. The molecule has 0 amide bonds. The van der Waals surface area contributed by atoms with E-state index in [0.717, 1.165) is 0 Å². The molecule has 0 bridgehead atoms. The fourth-order valence-electron chi connectivity index (χ4n) is 2.09. The van der Waals surface area contributed by atoms with E-state index in [1.54, 1.807) is 25.1 Å². The van der Waals surface area contributed by atoms with Crippen molar-refractivity contribution in [1.29, 1.82) is 0 Å². The highest BCUT2D eigenvalue weighted by molar-refractivity contribution is 7.89. The highest BCUT2D eigenvalue weighted by atomic mass is 35.5. The minimum Gasteiger partial charge on any atom is -0.295 e. The maximum absolute atomic E-state index is 12.4. The molecule has 0 aliphatic carbocycles. The molecule has 2 rings (SSSR count). The van der Waals surface area contributed by atoms with Gasteiger partial charge in [0.2, 0.25) is 10.0 Å². The Morgan fingerprint density at radius 1 is 1.09 bits per heavy atom. The molecule has 0 radical (unpaired) electrons. The van der Waals surface area contributed by atoms with E-state index in [1.165, 1.54) is 31.2 Å². The summed E-state index contributed by atoms with van der Waals surface area (Å²) < 4.78 is 27.4. The van der Waals surface area contributed by atoms with Gasteiger partial charge >= 0.3 is 0 Å². The van der Waals surface area contributed by atoms with Crippen LogP contribution in [0.2, 0.25) is 10.0 Å². The monoisotopic (exact) mass is 371 g/mol. The van der Waals surface area contributed by atoms with Crippen LogP contribution in [0.25, 0.3) is 0 Å². The summed E-state index contributed by atoms with van der Waals surface area (Å²) in [7, 11) is -3.73. The molecule has 0 heterocycles. The SMILES string of the molecule is CC(=O)c1ccc(S(=O)(=O)NC(C)c2ccc(Cl)cc2Cl)cc1. The van der Waals surface area contributed by atoms with Crippen molar-refractivity contribution in [2.24, 2.45) is 0 Å². The smallest absolute Gasteiger partial charge is 0.241 e. The summed E-state index contributed by atoms with van der Waals surface area (Å²) in [6, 6.07) is 10.1. The molecule has 1 N–H and O–H groups in total. The van der Waals surface area contributed by atoms with Gasteiger partial charge in [-0.2, -0.15) is 0 Å². The van der Waals surface area contributed by atoms with Crippen molar-refractivity contribution in [3.05, 3.63) is 63.6 Å². The van der Waals surface area contributed by atoms with Crippen LogP contribution in [0.1, 0.15) is 35.8 Å². The predicted octanol–water partition coefficient (Wildman–Crippen LogP) is 4.24. The summed E-state index contributed by atoms with van der Waals surface area (Å²) in [6.07, 6.45) is 0. The third-order valence-electron chi connectivity index (χ3n) is 3.33. The molecular weight excluding hydrogens is 357 g/mol. The average Bonchev–Trinajstić information content (AvgIpc) is 2.46. The Hall–Kier alpha value is -1.40. The van der Waals surface area contributed by atoms with Crippen LogP contribution >= 0.6 is 23.2 Å². The van der Waals surface area contributed by atoms with Gasteiger partial charge in [0.15, 0.2) is 5.78 Å². The van der Waals surface area contributed by atoms with Gasteiger partial charge in [-0.3, -0.25) is 4.79 Å². The molecule has 122 valence electrons. The number of halogens is 2. The number of hydrogen-bond donors (Lipinski definition) is 1. The highest BCUT2D eigenvalue weighted by Crippen LogP contribution is 2.27. The Morgan fingerprint density at radius 3 is 2.22 bits per heavy atom. The topological polar surface area (TPSA) is 63.2 Å². The van der Waals surface area contributed by atoms with Gasteiger partial charge in [0.1, 0.15) is 0 Å². The van der Waals surface area contributed by atoms with E-state index >= 15 is 0 Å². The van der Waals surface area contributed by atoms with Gasteiger partial charge in [-0.05, 0) is 43.7 Å². The summed E-state index contributed by atoms with van der Waals surface area (Å²) in [6.45, 7) is 3.11. The number of carbonyl (C=O) groups is 1. The number of Topliss-reactive ketones (excluding diaryl/α,β-unsaturated/α-hetero) is 1. The standard InChI is InChI=1S/C16H15Cl2NO3S/c1-10(15-8-5-13(17)9-16(15)18)19-23(21,22)14-6-3-12(4-7-14)11(2)20/h3-10,19H,1-2H3. The van der Waals surface area contributed by atoms with Gasteiger partial charge in [-0.1, -0.05) is 41.4 Å². The van der Waals surface area contributed by atoms with Crippen molar-refractivity contribution < 1.29 is 13.2 Å². The zero-order valence-corrected chi connectivity index (χ0v) is 14.8. The van der Waals surface area contributed by atoms with Gasteiger partial charge in [0, 0.05) is 21.7 Å². The summed E-state index contributed by atoms with van der Waals surface area (Å²) >= 11 is 11.9. The lowest BCUT2D eigenvalue weighted by molar-refractivity contribution is 0.101. The van der Waals surface area contributed by atoms with Gasteiger partial charge < -0.3 is 0 Å². The first kappa shape index (κ1) is 17.9. The molecule has 1 unspecified atom stereocenters. The van der Waals surface area contributed by atoms with Crippen LogP contribution in [0.3, 0.4) is 0 Å². The molecule has 0 spiro atoms. The van der Waals surface area contributed by atoms with Crippen molar-refractivity contribution in [3.63, 3.8) is 0 Å². The van der Waals surface area contributed by atoms with Crippen molar-refractivity contribution in [2.75, 3.05) is 0 Å². The van der Waals surface area contributed by atoms with E-state index < -0.39 is 16.1 Å². The minimum absolute atomic E-state index is 0.0828. The maximum atomic E-state index is 12.4. The molecule has 2 aromatic carbocycles. The Kier molecular flexibility index (Phi) is 5.47. The molecule has 7 heteroatoms. The molecule has 1 atom stereocenters. The second-order valence-corrected chi connectivity index (χ2v) is 7.65. The molecule has 0 saturated heterocycles. The third kappa shape index (κ3) is 4.32. The second-order valence-electron chi connectivity index (χ2n) is 5.09. The normalized spacial score (nSPS) is 12.9. The summed E-state index contributed by atoms with van der Waals surface area (Å²) in [5.74, 6) is -0.122. The van der Waals surface area contributed by atoms with E-state index in [9.17, 15) is 13.2 Å². The van der Waals surface area contributed by atoms with Crippen LogP contribution < -0.4 is 4.72 Å². The van der Waals surface area contributed by atoms with Crippen LogP contribution in [0.4, 0.5) is 0 Å². The lowest BCUT2D eigenvalue weighted by atomic mass is 10.1. The van der Waals surface area contributed by atoms with Crippen molar-refractivity contribution in [1.82, 2.24) is 4.72 Å². The van der Waals surface area contributed by atoms with E-state index in [2.05, 4.69) is 4.72 Å². The molecule has 0 saturated carbocycles. The molecule has 2 aromatic rings. The zero-order valence-electron chi connectivity index (χ0n) is 12.5. The van der Waals surface area contributed by atoms with E-state index in [1.807, 2.05) is 0 Å². The number of hydrogen-bond acceptors (Lipinski definition) is 3. The van der Waals surface area contributed by atoms with Gasteiger partial charge in [-0.25, -0.2) is 13.1 Å². The molecule has 23 heavy (non-hydrogen) atoms. The van der Waals surface area contributed by atoms with Crippen LogP contribution in [-0.2, 0) is 10.0 Å². The third-order valence-corrected chi connectivity index (χ3v) is 5.45. The van der Waals surface area contributed by atoms with Crippen LogP contribution in [0.5, 0.6) is 0 Å². The fraction of sp³-hybridized carbons (Fsp3) is 0.188. The Balaban J connectivity index is 2.24. The quantitative estimate of drug-likeness (QED) is 0.799. The number of benzene rings is 2. The maximum Gasteiger partial charge on any atom is 0.241 e. The van der Waals surface area contributed by atoms with Gasteiger partial charge in [-0.15, -0.1) is 0 Å². The van der Waals surface area contributed by atoms with Crippen molar-refractivity contribution in [2.45, 2.75) is 24.8 Å². The van der Waals surface area contributed by atoms with Gasteiger partial charge in [0.05, 0.1) is 4.90 Å². The molecule has 0 fully saturated rings. The minimum atomic E-state index is -3.73. The largest absolute Gasteiger partial charge is 0.295 e. The predicted molar refractivity (Wildman–Crippen MR) is 91.6 cm³/mol. The fourth-order valence-corrected chi connectivity index (χ4v) is 3.88. The Bertz CT molecular complexity index is 833. The van der Waals surface area contributed by atoms with E-state index in [0.29, 0.717) is 21.2 Å². The van der Waals surface area contributed by atoms with E-state index in [-0.39, 0.29) is 10.7 Å². The van der Waals surface area contributed by atoms with E-state index in [4.69, 9.17) is 23.2 Å². The highest BCUT2D eigenvalue weighted by Gasteiger charge is 2.20. The Labute approximate surface area is 145 Å². The first-order valence-corrected chi connectivity index (χ1v) is 9.03. The van der Waals surface area contributed by atoms with Gasteiger partial charge in [0.25, 0.3) is 0 Å². The number of ketones is 1. The van der Waals surface area contributed by atoms with Crippen LogP contribution in [-0.4, -0.2) is 14.2 Å². The molecular formula is C16H15Cl2NO3S. The number of rotatable bonds is 5. The molecule has 0 aliphatic heterocycles. The number of carbonyl (C=O) groups excluding carboxylic acids is 1. The van der Waals surface area contributed by atoms with Crippen LogP contribution in [0, 0.1) is 0 Å². The molecule has 0 aliphatic rings. The number of sulfonamides is 1. The summed E-state index contributed by atoms with van der Waals surface area (Å²) in [5, 5.41) is 0.869. The second kappa shape index (κ2) is 7.01. The molecule has 0 aromatic heterocycles. The number of nitrogens with one attached hydrogen (secondary N) is 1. The lowest BCUT2D eigenvalue weighted by Crippen LogP contribution is -2.27. The molecule has 4 nitrogen and oxygen atoms in total. The first-order valence-electron chi connectivity index (χ1n) is 6.79. The van der Waals surface area contributed by atoms with Crippen LogP contribution in [0.15, 0.2) is 47.4 Å². The average molecular weight is 372 g/mol. The lowest BCUT2D eigenvalue weighted by Gasteiger charge is -2.16. The summed E-state index contributed by atoms with van der Waals surface area (Å²) in [5.41, 5.74) is 1.08.